The fourth-order valence-corrected chi connectivity index (χ4v) is 2.82. The van der Waals surface area contributed by atoms with Gasteiger partial charge in [0.15, 0.2) is 0 Å². The average molecular weight is 249 g/mol. The molecule has 1 amide bonds. The molecule has 0 fully saturated rings. The Morgan fingerprint density at radius 3 is 3.00 bits per heavy atom. The van der Waals surface area contributed by atoms with Gasteiger partial charge >= 0.3 is 0 Å². The summed E-state index contributed by atoms with van der Waals surface area (Å²) in [7, 11) is 0. The number of hydrogen-bond donors (Lipinski definition) is 1. The van der Waals surface area contributed by atoms with E-state index >= 15 is 0 Å². The molecular formula is C13H13ClN2O. The van der Waals surface area contributed by atoms with Gasteiger partial charge in [0.25, 0.3) is 5.91 Å². The van der Waals surface area contributed by atoms with Gasteiger partial charge in [-0.1, -0.05) is 11.6 Å². The standard InChI is InChI=1S/C13H13ClN2O/c1-8-5-10(14)6-9-7-11-13(17)15-3-2-4-16(11)12(8)9/h5-7H,2-4H2,1H3,(H,15,17). The van der Waals surface area contributed by atoms with Crippen LogP contribution in [0.1, 0.15) is 22.5 Å². The van der Waals surface area contributed by atoms with E-state index in [2.05, 4.69) is 9.88 Å². The monoisotopic (exact) mass is 248 g/mol. The maximum absolute atomic E-state index is 11.9. The first-order valence-corrected chi connectivity index (χ1v) is 6.12. The molecule has 1 N–H and O–H groups in total. The van der Waals surface area contributed by atoms with Crippen LogP contribution in [0.2, 0.25) is 5.02 Å². The van der Waals surface area contributed by atoms with E-state index in [1.165, 1.54) is 0 Å². The van der Waals surface area contributed by atoms with Crippen LogP contribution in [-0.2, 0) is 6.54 Å². The van der Waals surface area contributed by atoms with E-state index in [-0.39, 0.29) is 5.91 Å². The highest BCUT2D eigenvalue weighted by molar-refractivity contribution is 6.31. The smallest absolute Gasteiger partial charge is 0.267 e. The molecule has 88 valence electrons. The van der Waals surface area contributed by atoms with E-state index in [0.29, 0.717) is 0 Å². The van der Waals surface area contributed by atoms with Crippen molar-refractivity contribution in [2.45, 2.75) is 19.9 Å². The number of amides is 1. The summed E-state index contributed by atoms with van der Waals surface area (Å²) in [5.74, 6) is 0.00854. The van der Waals surface area contributed by atoms with E-state index in [4.69, 9.17) is 11.6 Å². The number of aromatic nitrogens is 1. The number of hydrogen-bond acceptors (Lipinski definition) is 1. The van der Waals surface area contributed by atoms with Crippen LogP contribution in [0.15, 0.2) is 18.2 Å². The number of fused-ring (bicyclic) bond motifs is 3. The molecule has 2 heterocycles. The topological polar surface area (TPSA) is 34.0 Å². The number of benzene rings is 1. The molecule has 0 saturated heterocycles. The molecule has 0 bridgehead atoms. The van der Waals surface area contributed by atoms with Gasteiger partial charge in [-0.05, 0) is 37.1 Å². The van der Waals surface area contributed by atoms with Crippen LogP contribution in [-0.4, -0.2) is 17.0 Å². The van der Waals surface area contributed by atoms with Crippen molar-refractivity contribution in [1.82, 2.24) is 9.88 Å². The molecule has 1 aromatic carbocycles. The van der Waals surface area contributed by atoms with Crippen LogP contribution >= 0.6 is 11.6 Å². The fraction of sp³-hybridized carbons (Fsp3) is 0.308. The molecular weight excluding hydrogens is 236 g/mol. The van der Waals surface area contributed by atoms with Gasteiger partial charge in [0.2, 0.25) is 0 Å². The van der Waals surface area contributed by atoms with Crippen molar-refractivity contribution in [3.8, 4) is 0 Å². The lowest BCUT2D eigenvalue weighted by atomic mass is 10.1. The second-order valence-corrected chi connectivity index (χ2v) is 4.89. The number of nitrogens with one attached hydrogen (secondary N) is 1. The first kappa shape index (κ1) is 10.7. The Morgan fingerprint density at radius 1 is 1.35 bits per heavy atom. The molecule has 1 aliphatic heterocycles. The van der Waals surface area contributed by atoms with E-state index in [9.17, 15) is 4.79 Å². The van der Waals surface area contributed by atoms with Crippen molar-refractivity contribution in [3.05, 3.63) is 34.5 Å². The van der Waals surface area contributed by atoms with Crippen molar-refractivity contribution in [3.63, 3.8) is 0 Å². The Balaban J connectivity index is 2.35. The zero-order valence-corrected chi connectivity index (χ0v) is 10.3. The van der Waals surface area contributed by atoms with Crippen molar-refractivity contribution >= 4 is 28.4 Å². The van der Waals surface area contributed by atoms with Gasteiger partial charge < -0.3 is 9.88 Å². The van der Waals surface area contributed by atoms with Gasteiger partial charge in [-0.25, -0.2) is 0 Å². The predicted octanol–water partition coefficient (Wildman–Crippen LogP) is 2.74. The summed E-state index contributed by atoms with van der Waals surface area (Å²) in [5, 5.41) is 4.67. The Hall–Kier alpha value is -1.48. The number of nitrogens with zero attached hydrogens (tertiary/aromatic N) is 1. The highest BCUT2D eigenvalue weighted by Crippen LogP contribution is 2.28. The lowest BCUT2D eigenvalue weighted by Gasteiger charge is -2.07. The lowest BCUT2D eigenvalue weighted by molar-refractivity contribution is 0.0951. The van der Waals surface area contributed by atoms with Crippen LogP contribution in [0.25, 0.3) is 10.9 Å². The molecule has 0 saturated carbocycles. The largest absolute Gasteiger partial charge is 0.351 e. The highest BCUT2D eigenvalue weighted by Gasteiger charge is 2.19. The van der Waals surface area contributed by atoms with Crippen LogP contribution < -0.4 is 5.32 Å². The van der Waals surface area contributed by atoms with E-state index in [0.717, 1.165) is 46.7 Å². The Bertz CT molecular complexity index is 615. The number of rotatable bonds is 0. The normalized spacial score (nSPS) is 15.5. The molecule has 2 aromatic rings. The first-order valence-electron chi connectivity index (χ1n) is 5.74. The summed E-state index contributed by atoms with van der Waals surface area (Å²) in [6.45, 7) is 3.65. The molecule has 0 aliphatic carbocycles. The molecule has 1 aliphatic rings. The second kappa shape index (κ2) is 3.77. The number of carbonyl (C=O) groups is 1. The molecule has 17 heavy (non-hydrogen) atoms. The van der Waals surface area contributed by atoms with Gasteiger partial charge in [0, 0.05) is 23.5 Å². The molecule has 0 unspecified atom stereocenters. The van der Waals surface area contributed by atoms with Crippen molar-refractivity contribution < 1.29 is 4.79 Å². The molecule has 4 heteroatoms. The molecule has 3 rings (SSSR count). The molecule has 0 atom stereocenters. The predicted molar refractivity (Wildman–Crippen MR) is 68.6 cm³/mol. The minimum Gasteiger partial charge on any atom is -0.351 e. The highest BCUT2D eigenvalue weighted by atomic mass is 35.5. The lowest BCUT2D eigenvalue weighted by Crippen LogP contribution is -2.22. The van der Waals surface area contributed by atoms with Crippen LogP contribution in [0.3, 0.4) is 0 Å². The molecule has 3 nitrogen and oxygen atoms in total. The Labute approximate surface area is 104 Å². The quantitative estimate of drug-likeness (QED) is 0.764. The fourth-order valence-electron chi connectivity index (χ4n) is 2.54. The van der Waals surface area contributed by atoms with Crippen molar-refractivity contribution in [2.75, 3.05) is 6.54 Å². The maximum Gasteiger partial charge on any atom is 0.267 e. The zero-order chi connectivity index (χ0) is 12.0. The summed E-state index contributed by atoms with van der Waals surface area (Å²) in [4.78, 5) is 11.9. The Morgan fingerprint density at radius 2 is 2.18 bits per heavy atom. The third kappa shape index (κ3) is 1.62. The van der Waals surface area contributed by atoms with Gasteiger partial charge in [-0.2, -0.15) is 0 Å². The zero-order valence-electron chi connectivity index (χ0n) is 9.59. The molecule has 1 aromatic heterocycles. The SMILES string of the molecule is Cc1cc(Cl)cc2cc3n(c12)CCCNC3=O. The summed E-state index contributed by atoms with van der Waals surface area (Å²) in [5.41, 5.74) is 2.98. The summed E-state index contributed by atoms with van der Waals surface area (Å²) in [6.07, 6.45) is 0.963. The minimum absolute atomic E-state index is 0.00854. The summed E-state index contributed by atoms with van der Waals surface area (Å²) >= 11 is 6.05. The maximum atomic E-state index is 11.9. The van der Waals surface area contributed by atoms with Crippen LogP contribution in [0.4, 0.5) is 0 Å². The number of aryl methyl sites for hydroxylation is 2. The average Bonchev–Trinajstić information content (AvgIpc) is 2.54. The summed E-state index contributed by atoms with van der Waals surface area (Å²) < 4.78 is 2.10. The van der Waals surface area contributed by atoms with Crippen molar-refractivity contribution in [1.29, 1.82) is 0 Å². The third-order valence-electron chi connectivity index (χ3n) is 3.22. The first-order chi connectivity index (χ1) is 8.16. The number of carbonyl (C=O) groups excluding carboxylic acids is 1. The molecule has 0 spiro atoms. The molecule has 0 radical (unpaired) electrons. The summed E-state index contributed by atoms with van der Waals surface area (Å²) in [6, 6.07) is 5.79. The Kier molecular flexibility index (Phi) is 2.37. The minimum atomic E-state index is 0.00854. The van der Waals surface area contributed by atoms with E-state index in [1.54, 1.807) is 0 Å². The third-order valence-corrected chi connectivity index (χ3v) is 3.44. The van der Waals surface area contributed by atoms with Gasteiger partial charge in [-0.3, -0.25) is 4.79 Å². The van der Waals surface area contributed by atoms with Gasteiger partial charge in [-0.15, -0.1) is 0 Å². The van der Waals surface area contributed by atoms with Gasteiger partial charge in [0.05, 0.1) is 5.52 Å². The van der Waals surface area contributed by atoms with Gasteiger partial charge in [0.1, 0.15) is 5.69 Å². The van der Waals surface area contributed by atoms with Crippen molar-refractivity contribution in [2.24, 2.45) is 0 Å². The number of halogens is 1. The second-order valence-electron chi connectivity index (χ2n) is 4.45. The van der Waals surface area contributed by atoms with Crippen LogP contribution in [0, 0.1) is 6.92 Å². The van der Waals surface area contributed by atoms with Crippen LogP contribution in [0.5, 0.6) is 0 Å². The van der Waals surface area contributed by atoms with E-state index < -0.39 is 0 Å². The van der Waals surface area contributed by atoms with E-state index in [1.807, 2.05) is 25.1 Å².